The lowest BCUT2D eigenvalue weighted by Gasteiger charge is -2.30. The van der Waals surface area contributed by atoms with Gasteiger partial charge in [0.1, 0.15) is 5.69 Å². The van der Waals surface area contributed by atoms with E-state index in [4.69, 9.17) is 5.11 Å². The molecule has 2 heterocycles. The van der Waals surface area contributed by atoms with Crippen LogP contribution in [0.25, 0.3) is 0 Å². The Bertz CT molecular complexity index is 596. The SMILES string of the molecule is CCCn1nc(C(=O)N2CCC[C@@H](C(=O)O)C2)ccc1=O. The second-order valence-electron chi connectivity index (χ2n) is 5.21. The van der Waals surface area contributed by atoms with Gasteiger partial charge >= 0.3 is 5.97 Å². The van der Waals surface area contributed by atoms with Crippen molar-refractivity contribution < 1.29 is 14.7 Å². The number of aromatic nitrogens is 2. The van der Waals surface area contributed by atoms with Crippen molar-refractivity contribution in [2.45, 2.75) is 32.7 Å². The third-order valence-corrected chi connectivity index (χ3v) is 3.58. The first-order chi connectivity index (χ1) is 10.0. The fourth-order valence-electron chi connectivity index (χ4n) is 2.46. The van der Waals surface area contributed by atoms with Gasteiger partial charge in [0, 0.05) is 25.7 Å². The Morgan fingerprint density at radius 3 is 2.86 bits per heavy atom. The van der Waals surface area contributed by atoms with Gasteiger partial charge in [0.05, 0.1) is 5.92 Å². The average Bonchev–Trinajstić information content (AvgIpc) is 2.49. The van der Waals surface area contributed by atoms with Gasteiger partial charge in [-0.25, -0.2) is 4.68 Å². The lowest BCUT2D eigenvalue weighted by molar-refractivity contribution is -0.143. The molecular formula is C14H19N3O4. The van der Waals surface area contributed by atoms with Crippen molar-refractivity contribution in [1.82, 2.24) is 14.7 Å². The summed E-state index contributed by atoms with van der Waals surface area (Å²) in [4.78, 5) is 36.5. The maximum atomic E-state index is 12.4. The van der Waals surface area contributed by atoms with Crippen LogP contribution in [0, 0.1) is 5.92 Å². The van der Waals surface area contributed by atoms with Crippen molar-refractivity contribution >= 4 is 11.9 Å². The van der Waals surface area contributed by atoms with E-state index in [2.05, 4.69) is 5.10 Å². The van der Waals surface area contributed by atoms with E-state index >= 15 is 0 Å². The molecule has 2 rings (SSSR count). The number of likely N-dealkylation sites (tertiary alicyclic amines) is 1. The Labute approximate surface area is 122 Å². The molecule has 1 aliphatic rings. The third-order valence-electron chi connectivity index (χ3n) is 3.58. The molecule has 1 amide bonds. The molecule has 0 aliphatic carbocycles. The van der Waals surface area contributed by atoms with Crippen LogP contribution in [0.15, 0.2) is 16.9 Å². The van der Waals surface area contributed by atoms with Crippen LogP contribution in [-0.4, -0.2) is 44.8 Å². The number of hydrogen-bond acceptors (Lipinski definition) is 4. The van der Waals surface area contributed by atoms with Crippen LogP contribution in [0.5, 0.6) is 0 Å². The van der Waals surface area contributed by atoms with Crippen LogP contribution in [-0.2, 0) is 11.3 Å². The molecular weight excluding hydrogens is 274 g/mol. The first-order valence-electron chi connectivity index (χ1n) is 7.13. The Hall–Kier alpha value is -2.18. The second-order valence-corrected chi connectivity index (χ2v) is 5.21. The number of hydrogen-bond donors (Lipinski definition) is 1. The van der Waals surface area contributed by atoms with Crippen molar-refractivity contribution in [3.63, 3.8) is 0 Å². The monoisotopic (exact) mass is 293 g/mol. The Kier molecular flexibility index (Phi) is 4.72. The highest BCUT2D eigenvalue weighted by Crippen LogP contribution is 2.18. The van der Waals surface area contributed by atoms with Crippen LogP contribution in [0.2, 0.25) is 0 Å². The molecule has 0 saturated carbocycles. The van der Waals surface area contributed by atoms with Gasteiger partial charge in [0.2, 0.25) is 0 Å². The lowest BCUT2D eigenvalue weighted by Crippen LogP contribution is -2.43. The number of carboxylic acids is 1. The number of carbonyl (C=O) groups excluding carboxylic acids is 1. The van der Waals surface area contributed by atoms with Crippen molar-refractivity contribution in [2.75, 3.05) is 13.1 Å². The third kappa shape index (κ3) is 3.48. The van der Waals surface area contributed by atoms with E-state index in [1.165, 1.54) is 21.7 Å². The number of piperidine rings is 1. The zero-order valence-electron chi connectivity index (χ0n) is 12.0. The molecule has 21 heavy (non-hydrogen) atoms. The Balaban J connectivity index is 2.17. The van der Waals surface area contributed by atoms with E-state index < -0.39 is 11.9 Å². The zero-order chi connectivity index (χ0) is 15.4. The predicted octanol–water partition coefficient (Wildman–Crippen LogP) is 0.590. The summed E-state index contributed by atoms with van der Waals surface area (Å²) in [6.07, 6.45) is 1.99. The van der Waals surface area contributed by atoms with E-state index in [0.29, 0.717) is 25.9 Å². The minimum atomic E-state index is -0.878. The number of aryl methyl sites for hydroxylation is 1. The zero-order valence-corrected chi connectivity index (χ0v) is 12.0. The van der Waals surface area contributed by atoms with Gasteiger partial charge in [-0.2, -0.15) is 5.10 Å². The Morgan fingerprint density at radius 2 is 2.19 bits per heavy atom. The number of carboxylic acid groups (broad SMARTS) is 1. The number of carbonyl (C=O) groups is 2. The molecule has 0 unspecified atom stereocenters. The summed E-state index contributed by atoms with van der Waals surface area (Å²) in [6.45, 7) is 3.10. The number of rotatable bonds is 4. The van der Waals surface area contributed by atoms with Crippen molar-refractivity contribution in [1.29, 1.82) is 0 Å². The molecule has 114 valence electrons. The molecule has 0 bridgehead atoms. The fourth-order valence-corrected chi connectivity index (χ4v) is 2.46. The quantitative estimate of drug-likeness (QED) is 0.877. The molecule has 0 aromatic carbocycles. The molecule has 1 saturated heterocycles. The maximum Gasteiger partial charge on any atom is 0.308 e. The topological polar surface area (TPSA) is 92.5 Å². The molecule has 1 aliphatic heterocycles. The summed E-state index contributed by atoms with van der Waals surface area (Å²) in [7, 11) is 0. The van der Waals surface area contributed by atoms with Gasteiger partial charge in [0.15, 0.2) is 0 Å². The van der Waals surface area contributed by atoms with Gasteiger partial charge in [-0.3, -0.25) is 14.4 Å². The highest BCUT2D eigenvalue weighted by Gasteiger charge is 2.29. The molecule has 7 heteroatoms. The van der Waals surface area contributed by atoms with Gasteiger partial charge in [-0.1, -0.05) is 6.92 Å². The number of amides is 1. The van der Waals surface area contributed by atoms with Crippen molar-refractivity contribution in [2.24, 2.45) is 5.92 Å². The van der Waals surface area contributed by atoms with Crippen LogP contribution in [0.4, 0.5) is 0 Å². The van der Waals surface area contributed by atoms with E-state index in [1.807, 2.05) is 6.92 Å². The van der Waals surface area contributed by atoms with E-state index in [0.717, 1.165) is 6.42 Å². The molecule has 1 aromatic rings. The standard InChI is InChI=1S/C14H19N3O4/c1-2-7-17-12(18)6-5-11(15-17)13(19)16-8-3-4-10(9-16)14(20)21/h5-6,10H,2-4,7-9H2,1H3,(H,20,21)/t10-/m1/s1. The molecule has 1 N–H and O–H groups in total. The Morgan fingerprint density at radius 1 is 1.43 bits per heavy atom. The highest BCUT2D eigenvalue weighted by molar-refractivity contribution is 5.92. The largest absolute Gasteiger partial charge is 0.481 e. The summed E-state index contributed by atoms with van der Waals surface area (Å²) in [5.41, 5.74) is -0.0513. The lowest BCUT2D eigenvalue weighted by atomic mass is 9.98. The summed E-state index contributed by atoms with van der Waals surface area (Å²) in [5, 5.41) is 13.1. The molecule has 1 atom stereocenters. The molecule has 7 nitrogen and oxygen atoms in total. The number of nitrogens with zero attached hydrogens (tertiary/aromatic N) is 3. The van der Waals surface area contributed by atoms with Gasteiger partial charge in [-0.05, 0) is 25.3 Å². The van der Waals surface area contributed by atoms with E-state index in [-0.39, 0.29) is 23.7 Å². The summed E-state index contributed by atoms with van der Waals surface area (Å²) < 4.78 is 1.27. The molecule has 1 fully saturated rings. The van der Waals surface area contributed by atoms with Crippen LogP contribution in [0.1, 0.15) is 36.7 Å². The van der Waals surface area contributed by atoms with Gasteiger partial charge in [-0.15, -0.1) is 0 Å². The smallest absolute Gasteiger partial charge is 0.308 e. The first kappa shape index (κ1) is 15.2. The number of aliphatic carboxylic acids is 1. The molecule has 1 aromatic heterocycles. The average molecular weight is 293 g/mol. The maximum absolute atomic E-state index is 12.4. The van der Waals surface area contributed by atoms with E-state index in [9.17, 15) is 14.4 Å². The van der Waals surface area contributed by atoms with Gasteiger partial charge in [0.25, 0.3) is 11.5 Å². The fraction of sp³-hybridized carbons (Fsp3) is 0.571. The van der Waals surface area contributed by atoms with Crippen molar-refractivity contribution in [3.05, 3.63) is 28.2 Å². The highest BCUT2D eigenvalue weighted by atomic mass is 16.4. The summed E-state index contributed by atoms with van der Waals surface area (Å²) >= 11 is 0. The van der Waals surface area contributed by atoms with Gasteiger partial charge < -0.3 is 10.0 Å². The normalized spacial score (nSPS) is 18.5. The second kappa shape index (κ2) is 6.51. The van der Waals surface area contributed by atoms with Crippen LogP contribution >= 0.6 is 0 Å². The predicted molar refractivity (Wildman–Crippen MR) is 75.1 cm³/mol. The molecule has 0 spiro atoms. The summed E-state index contributed by atoms with van der Waals surface area (Å²) in [6, 6.07) is 2.73. The molecule has 0 radical (unpaired) electrons. The minimum Gasteiger partial charge on any atom is -0.481 e. The van der Waals surface area contributed by atoms with Crippen LogP contribution < -0.4 is 5.56 Å². The van der Waals surface area contributed by atoms with Crippen LogP contribution in [0.3, 0.4) is 0 Å². The minimum absolute atomic E-state index is 0.189. The van der Waals surface area contributed by atoms with E-state index in [1.54, 1.807) is 0 Å². The van der Waals surface area contributed by atoms with Crippen molar-refractivity contribution in [3.8, 4) is 0 Å². The summed E-state index contributed by atoms with van der Waals surface area (Å²) in [5.74, 6) is -1.72. The first-order valence-corrected chi connectivity index (χ1v) is 7.13.